The van der Waals surface area contributed by atoms with Crippen molar-refractivity contribution in [1.29, 1.82) is 0 Å². The summed E-state index contributed by atoms with van der Waals surface area (Å²) in [5, 5.41) is 2.82. The number of carbonyl (C=O) groups excluding carboxylic acids is 2. The average molecular weight is 439 g/mol. The zero-order valence-electron chi connectivity index (χ0n) is 16.4. The number of carbonyl (C=O) groups is 2. The highest BCUT2D eigenvalue weighted by Gasteiger charge is 2.20. The van der Waals surface area contributed by atoms with E-state index in [1.807, 2.05) is 35.2 Å². The summed E-state index contributed by atoms with van der Waals surface area (Å²) in [4.78, 5) is 28.9. The zero-order valence-corrected chi connectivity index (χ0v) is 18.0. The van der Waals surface area contributed by atoms with Crippen LogP contribution < -0.4 is 11.1 Å². The van der Waals surface area contributed by atoms with Gasteiger partial charge in [0.15, 0.2) is 0 Å². The maximum atomic E-state index is 12.6. The van der Waals surface area contributed by atoms with E-state index in [0.717, 1.165) is 31.7 Å². The molecule has 0 bridgehead atoms. The zero-order chi connectivity index (χ0) is 19.2. The Hall–Kier alpha value is -2.12. The smallest absolute Gasteiger partial charge is 0.253 e. The summed E-state index contributed by atoms with van der Waals surface area (Å²) in [5.41, 5.74) is 8.30. The molecule has 2 aromatic rings. The van der Waals surface area contributed by atoms with Crippen LogP contribution in [-0.2, 0) is 11.2 Å². The summed E-state index contributed by atoms with van der Waals surface area (Å²) in [5.74, 6) is -0.209. The van der Waals surface area contributed by atoms with Crippen molar-refractivity contribution in [2.75, 3.05) is 38.5 Å². The lowest BCUT2D eigenvalue weighted by molar-refractivity contribution is -0.117. The first-order chi connectivity index (χ1) is 13.0. The highest BCUT2D eigenvalue weighted by Crippen LogP contribution is 2.14. The standard InChI is InChI=1S/C21H26N4O2.2ClH/c1-24-11-13-25(14-12-24)21(27)17-7-9-18(10-8-17)23-20(26)19(22)15-16-5-3-2-4-6-16;;/h2-10,19H,11-15,22H2,1H3,(H,23,26);2*1H. The van der Waals surface area contributed by atoms with Gasteiger partial charge in [-0.3, -0.25) is 9.59 Å². The van der Waals surface area contributed by atoms with E-state index in [0.29, 0.717) is 17.7 Å². The van der Waals surface area contributed by atoms with Crippen molar-refractivity contribution in [3.63, 3.8) is 0 Å². The monoisotopic (exact) mass is 438 g/mol. The van der Waals surface area contributed by atoms with Gasteiger partial charge in [-0.1, -0.05) is 30.3 Å². The predicted molar refractivity (Wildman–Crippen MR) is 121 cm³/mol. The average Bonchev–Trinajstić information content (AvgIpc) is 2.69. The fraction of sp³-hybridized carbons (Fsp3) is 0.333. The van der Waals surface area contributed by atoms with Crippen LogP contribution in [0, 0.1) is 0 Å². The molecule has 29 heavy (non-hydrogen) atoms. The molecule has 1 unspecified atom stereocenters. The Morgan fingerprint density at radius 1 is 0.966 bits per heavy atom. The molecule has 1 aliphatic rings. The summed E-state index contributed by atoms with van der Waals surface area (Å²) < 4.78 is 0. The molecule has 8 heteroatoms. The van der Waals surface area contributed by atoms with Crippen molar-refractivity contribution >= 4 is 42.3 Å². The second-order valence-electron chi connectivity index (χ2n) is 6.96. The van der Waals surface area contributed by atoms with E-state index in [2.05, 4.69) is 17.3 Å². The number of amides is 2. The van der Waals surface area contributed by atoms with Gasteiger partial charge in [0.25, 0.3) is 5.91 Å². The maximum absolute atomic E-state index is 12.6. The normalized spacial score (nSPS) is 14.9. The maximum Gasteiger partial charge on any atom is 0.253 e. The lowest BCUT2D eigenvalue weighted by atomic mass is 10.1. The number of rotatable bonds is 5. The van der Waals surface area contributed by atoms with Crippen molar-refractivity contribution < 1.29 is 9.59 Å². The molecule has 0 aromatic heterocycles. The van der Waals surface area contributed by atoms with Crippen molar-refractivity contribution in [1.82, 2.24) is 9.80 Å². The Kier molecular flexibility index (Phi) is 10.1. The SMILES string of the molecule is CN1CCN(C(=O)c2ccc(NC(=O)C(N)Cc3ccccc3)cc2)CC1.Cl.Cl. The van der Waals surface area contributed by atoms with E-state index in [9.17, 15) is 9.59 Å². The minimum absolute atomic E-state index is 0. The quantitative estimate of drug-likeness (QED) is 0.750. The number of nitrogens with one attached hydrogen (secondary N) is 1. The molecule has 158 valence electrons. The Morgan fingerprint density at radius 2 is 1.55 bits per heavy atom. The van der Waals surface area contributed by atoms with Gasteiger partial charge in [0.1, 0.15) is 0 Å². The summed E-state index contributed by atoms with van der Waals surface area (Å²) in [6.45, 7) is 3.25. The minimum atomic E-state index is -0.626. The first-order valence-corrected chi connectivity index (χ1v) is 9.21. The summed E-state index contributed by atoms with van der Waals surface area (Å²) in [6.07, 6.45) is 0.479. The Bertz CT molecular complexity index is 779. The third kappa shape index (κ3) is 7.01. The topological polar surface area (TPSA) is 78.7 Å². The minimum Gasteiger partial charge on any atom is -0.336 e. The molecule has 1 heterocycles. The number of piperazine rings is 1. The van der Waals surface area contributed by atoms with Crippen LogP contribution in [0.25, 0.3) is 0 Å². The highest BCUT2D eigenvalue weighted by molar-refractivity contribution is 5.97. The molecule has 2 aromatic carbocycles. The Morgan fingerprint density at radius 3 is 2.14 bits per heavy atom. The molecule has 1 saturated heterocycles. The summed E-state index contributed by atoms with van der Waals surface area (Å²) in [7, 11) is 2.06. The van der Waals surface area contributed by atoms with Crippen LogP contribution in [0.5, 0.6) is 0 Å². The summed E-state index contributed by atoms with van der Waals surface area (Å²) >= 11 is 0. The van der Waals surface area contributed by atoms with Gasteiger partial charge < -0.3 is 20.9 Å². The third-order valence-corrected chi connectivity index (χ3v) is 4.83. The van der Waals surface area contributed by atoms with E-state index in [4.69, 9.17) is 5.73 Å². The van der Waals surface area contributed by atoms with Gasteiger partial charge in [0.05, 0.1) is 6.04 Å². The van der Waals surface area contributed by atoms with Crippen LogP contribution in [0.2, 0.25) is 0 Å². The van der Waals surface area contributed by atoms with E-state index in [-0.39, 0.29) is 36.6 Å². The van der Waals surface area contributed by atoms with Crippen molar-refractivity contribution in [3.05, 3.63) is 65.7 Å². The van der Waals surface area contributed by atoms with Crippen molar-refractivity contribution in [2.24, 2.45) is 5.73 Å². The number of benzene rings is 2. The number of nitrogens with two attached hydrogens (primary N) is 1. The molecule has 2 amide bonds. The van der Waals surface area contributed by atoms with E-state index in [1.54, 1.807) is 24.3 Å². The predicted octanol–water partition coefficient (Wildman–Crippen LogP) is 2.43. The van der Waals surface area contributed by atoms with Crippen LogP contribution in [0.1, 0.15) is 15.9 Å². The van der Waals surface area contributed by atoms with Crippen LogP contribution in [0.3, 0.4) is 0 Å². The first-order valence-electron chi connectivity index (χ1n) is 9.21. The Balaban J connectivity index is 0.00000210. The molecule has 6 nitrogen and oxygen atoms in total. The number of likely N-dealkylation sites (N-methyl/N-ethyl adjacent to an activating group) is 1. The largest absolute Gasteiger partial charge is 0.336 e. The van der Waals surface area contributed by atoms with Gasteiger partial charge in [0, 0.05) is 37.4 Å². The van der Waals surface area contributed by atoms with Crippen molar-refractivity contribution in [2.45, 2.75) is 12.5 Å². The van der Waals surface area contributed by atoms with Gasteiger partial charge in [0.2, 0.25) is 5.91 Å². The lowest BCUT2D eigenvalue weighted by Gasteiger charge is -2.32. The summed E-state index contributed by atoms with van der Waals surface area (Å²) in [6, 6.07) is 16.0. The van der Waals surface area contributed by atoms with Crippen LogP contribution in [0.15, 0.2) is 54.6 Å². The molecular formula is C21H28Cl2N4O2. The van der Waals surface area contributed by atoms with E-state index >= 15 is 0 Å². The van der Waals surface area contributed by atoms with Gasteiger partial charge in [-0.15, -0.1) is 24.8 Å². The molecule has 1 aliphatic heterocycles. The van der Waals surface area contributed by atoms with E-state index < -0.39 is 6.04 Å². The molecule has 3 rings (SSSR count). The molecule has 0 spiro atoms. The van der Waals surface area contributed by atoms with Gasteiger partial charge in [-0.2, -0.15) is 0 Å². The number of nitrogens with zero attached hydrogens (tertiary/aromatic N) is 2. The molecular weight excluding hydrogens is 411 g/mol. The van der Waals surface area contributed by atoms with E-state index in [1.165, 1.54) is 0 Å². The number of hydrogen-bond acceptors (Lipinski definition) is 4. The van der Waals surface area contributed by atoms with Gasteiger partial charge in [-0.25, -0.2) is 0 Å². The molecule has 1 fully saturated rings. The highest BCUT2D eigenvalue weighted by atomic mass is 35.5. The molecule has 1 atom stereocenters. The molecule has 0 saturated carbocycles. The number of anilines is 1. The fourth-order valence-electron chi connectivity index (χ4n) is 3.08. The second kappa shape index (κ2) is 11.8. The molecule has 0 aliphatic carbocycles. The fourth-order valence-corrected chi connectivity index (χ4v) is 3.08. The van der Waals surface area contributed by atoms with Crippen LogP contribution >= 0.6 is 24.8 Å². The third-order valence-electron chi connectivity index (χ3n) is 4.83. The molecule has 0 radical (unpaired) electrons. The Labute approximate surface area is 184 Å². The van der Waals surface area contributed by atoms with Crippen molar-refractivity contribution in [3.8, 4) is 0 Å². The molecule has 3 N–H and O–H groups in total. The lowest BCUT2D eigenvalue weighted by Crippen LogP contribution is -2.47. The van der Waals surface area contributed by atoms with Crippen LogP contribution in [-0.4, -0.2) is 60.9 Å². The number of hydrogen-bond donors (Lipinski definition) is 2. The van der Waals surface area contributed by atoms with Gasteiger partial charge in [-0.05, 0) is 43.3 Å². The van der Waals surface area contributed by atoms with Crippen LogP contribution in [0.4, 0.5) is 5.69 Å². The number of halogens is 2. The first kappa shape index (κ1) is 24.9. The second-order valence-corrected chi connectivity index (χ2v) is 6.96. The van der Waals surface area contributed by atoms with Gasteiger partial charge >= 0.3 is 0 Å².